The molecule has 1 aliphatic carbocycles. The van der Waals surface area contributed by atoms with E-state index in [1.54, 1.807) is 0 Å². The van der Waals surface area contributed by atoms with E-state index in [0.717, 1.165) is 24.8 Å². The molecule has 1 aromatic carbocycles. The Bertz CT molecular complexity index is 288. The van der Waals surface area contributed by atoms with E-state index >= 15 is 0 Å². The molecule has 2 N–H and O–H groups in total. The monoisotopic (exact) mass is 190 g/mol. The normalized spacial score (nSPS) is 16.1. The number of anilines is 1. The smallest absolute Gasteiger partial charge is 0.0314 e. The van der Waals surface area contributed by atoms with Crippen LogP contribution < -0.4 is 5.73 Å². The molecule has 0 heterocycles. The molecule has 0 bridgehead atoms. The van der Waals surface area contributed by atoms with E-state index in [2.05, 4.69) is 24.0 Å². The minimum atomic E-state index is 0.845. The molecule has 0 aromatic heterocycles. The lowest BCUT2D eigenvalue weighted by atomic mass is 10.2. The van der Waals surface area contributed by atoms with Crippen molar-refractivity contribution in [3.05, 3.63) is 29.8 Å². The van der Waals surface area contributed by atoms with Crippen molar-refractivity contribution in [2.75, 3.05) is 12.3 Å². The number of nitrogens with two attached hydrogens (primary N) is 1. The molecule has 0 saturated heterocycles. The van der Waals surface area contributed by atoms with Gasteiger partial charge in [-0.05, 0) is 37.1 Å². The Kier molecular flexibility index (Phi) is 2.73. The van der Waals surface area contributed by atoms with E-state index in [-0.39, 0.29) is 0 Å². The maximum atomic E-state index is 5.65. The van der Waals surface area contributed by atoms with Crippen LogP contribution in [0.25, 0.3) is 0 Å². The molecule has 2 nitrogen and oxygen atoms in total. The number of rotatable bonds is 4. The molecule has 2 heteroatoms. The van der Waals surface area contributed by atoms with Gasteiger partial charge < -0.3 is 5.73 Å². The van der Waals surface area contributed by atoms with E-state index in [1.165, 1.54) is 18.4 Å². The predicted octanol–water partition coefficient (Wildman–Crippen LogP) is 2.25. The zero-order valence-corrected chi connectivity index (χ0v) is 8.74. The summed E-state index contributed by atoms with van der Waals surface area (Å²) in [7, 11) is 0. The predicted molar refractivity (Wildman–Crippen MR) is 60.0 cm³/mol. The molecule has 76 valence electrons. The number of nitrogens with zero attached hydrogens (tertiary/aromatic N) is 1. The van der Waals surface area contributed by atoms with E-state index in [4.69, 9.17) is 5.73 Å². The summed E-state index contributed by atoms with van der Waals surface area (Å²) in [6, 6.07) is 9.06. The number of nitrogen functional groups attached to an aromatic ring is 1. The Morgan fingerprint density at radius 2 is 1.93 bits per heavy atom. The van der Waals surface area contributed by atoms with Gasteiger partial charge >= 0.3 is 0 Å². The molecule has 1 aliphatic rings. The van der Waals surface area contributed by atoms with E-state index in [9.17, 15) is 0 Å². The van der Waals surface area contributed by atoms with Crippen LogP contribution in [0.2, 0.25) is 0 Å². The Morgan fingerprint density at radius 3 is 2.43 bits per heavy atom. The summed E-state index contributed by atoms with van der Waals surface area (Å²) in [6.07, 6.45) is 2.76. The first kappa shape index (κ1) is 9.53. The van der Waals surface area contributed by atoms with Gasteiger partial charge in [0.05, 0.1) is 0 Å². The van der Waals surface area contributed by atoms with Crippen molar-refractivity contribution in [2.45, 2.75) is 32.4 Å². The summed E-state index contributed by atoms with van der Waals surface area (Å²) >= 11 is 0. The van der Waals surface area contributed by atoms with Crippen molar-refractivity contribution >= 4 is 5.69 Å². The van der Waals surface area contributed by atoms with Gasteiger partial charge in [0, 0.05) is 18.3 Å². The second-order valence-corrected chi connectivity index (χ2v) is 4.04. The fourth-order valence-electron chi connectivity index (χ4n) is 1.80. The Balaban J connectivity index is 1.98. The lowest BCUT2D eigenvalue weighted by Gasteiger charge is -2.19. The van der Waals surface area contributed by atoms with Gasteiger partial charge in [-0.2, -0.15) is 0 Å². The zero-order valence-electron chi connectivity index (χ0n) is 8.74. The van der Waals surface area contributed by atoms with E-state index in [1.807, 2.05) is 12.1 Å². The highest BCUT2D eigenvalue weighted by atomic mass is 15.2. The van der Waals surface area contributed by atoms with Gasteiger partial charge in [0.15, 0.2) is 0 Å². The van der Waals surface area contributed by atoms with Gasteiger partial charge in [0.1, 0.15) is 0 Å². The largest absolute Gasteiger partial charge is 0.399 e. The van der Waals surface area contributed by atoms with Crippen molar-refractivity contribution in [3.63, 3.8) is 0 Å². The van der Waals surface area contributed by atoms with Crippen LogP contribution in [0.1, 0.15) is 25.3 Å². The van der Waals surface area contributed by atoms with Crippen LogP contribution in [-0.2, 0) is 6.54 Å². The SMILES string of the molecule is CCN(Cc1ccc(N)cc1)C1CC1. The summed E-state index contributed by atoms with van der Waals surface area (Å²) in [4.78, 5) is 2.53. The average Bonchev–Trinajstić information content (AvgIpc) is 3.01. The van der Waals surface area contributed by atoms with Crippen LogP contribution in [0.15, 0.2) is 24.3 Å². The van der Waals surface area contributed by atoms with Gasteiger partial charge in [0.2, 0.25) is 0 Å². The second-order valence-electron chi connectivity index (χ2n) is 4.04. The topological polar surface area (TPSA) is 29.3 Å². The molecular formula is C12H18N2. The van der Waals surface area contributed by atoms with Crippen LogP contribution in [0.4, 0.5) is 5.69 Å². The Hall–Kier alpha value is -1.02. The fraction of sp³-hybridized carbons (Fsp3) is 0.500. The maximum Gasteiger partial charge on any atom is 0.0314 e. The highest BCUT2D eigenvalue weighted by molar-refractivity contribution is 5.39. The van der Waals surface area contributed by atoms with Gasteiger partial charge in [-0.1, -0.05) is 19.1 Å². The minimum Gasteiger partial charge on any atom is -0.399 e. The highest BCUT2D eigenvalue weighted by Gasteiger charge is 2.27. The fourth-order valence-corrected chi connectivity index (χ4v) is 1.80. The first-order chi connectivity index (χ1) is 6.79. The maximum absolute atomic E-state index is 5.65. The molecule has 0 amide bonds. The van der Waals surface area contributed by atoms with Crippen molar-refractivity contribution < 1.29 is 0 Å². The summed E-state index contributed by atoms with van der Waals surface area (Å²) in [6.45, 7) is 4.45. The van der Waals surface area contributed by atoms with Crippen LogP contribution in [0, 0.1) is 0 Å². The standard InChI is InChI=1S/C12H18N2/c1-2-14(12-7-8-12)9-10-3-5-11(13)6-4-10/h3-6,12H,2,7-9,13H2,1H3. The van der Waals surface area contributed by atoms with Gasteiger partial charge in [0.25, 0.3) is 0 Å². The van der Waals surface area contributed by atoms with Crippen LogP contribution >= 0.6 is 0 Å². The van der Waals surface area contributed by atoms with Crippen molar-refractivity contribution in [2.24, 2.45) is 0 Å². The third-order valence-corrected chi connectivity index (χ3v) is 2.83. The summed E-state index contributed by atoms with van der Waals surface area (Å²) in [5, 5.41) is 0. The van der Waals surface area contributed by atoms with Crippen LogP contribution in [-0.4, -0.2) is 17.5 Å². The van der Waals surface area contributed by atoms with E-state index in [0.29, 0.717) is 0 Å². The molecule has 1 fully saturated rings. The molecular weight excluding hydrogens is 172 g/mol. The number of hydrogen-bond acceptors (Lipinski definition) is 2. The molecule has 0 unspecified atom stereocenters. The number of hydrogen-bond donors (Lipinski definition) is 1. The second kappa shape index (κ2) is 4.01. The minimum absolute atomic E-state index is 0.845. The van der Waals surface area contributed by atoms with Crippen molar-refractivity contribution in [3.8, 4) is 0 Å². The molecule has 0 radical (unpaired) electrons. The highest BCUT2D eigenvalue weighted by Crippen LogP contribution is 2.27. The Labute approximate surface area is 85.7 Å². The summed E-state index contributed by atoms with van der Waals surface area (Å²) in [5.74, 6) is 0. The summed E-state index contributed by atoms with van der Waals surface area (Å²) in [5.41, 5.74) is 7.87. The molecule has 0 aliphatic heterocycles. The van der Waals surface area contributed by atoms with Crippen molar-refractivity contribution in [1.82, 2.24) is 4.90 Å². The summed E-state index contributed by atoms with van der Waals surface area (Å²) < 4.78 is 0. The molecule has 14 heavy (non-hydrogen) atoms. The zero-order chi connectivity index (χ0) is 9.97. The Morgan fingerprint density at radius 1 is 1.29 bits per heavy atom. The quantitative estimate of drug-likeness (QED) is 0.738. The first-order valence-electron chi connectivity index (χ1n) is 5.38. The van der Waals surface area contributed by atoms with Gasteiger partial charge in [-0.15, -0.1) is 0 Å². The molecule has 1 aromatic rings. The first-order valence-corrected chi connectivity index (χ1v) is 5.38. The lowest BCUT2D eigenvalue weighted by molar-refractivity contribution is 0.269. The van der Waals surface area contributed by atoms with E-state index < -0.39 is 0 Å². The van der Waals surface area contributed by atoms with Gasteiger partial charge in [-0.3, -0.25) is 4.90 Å². The molecule has 1 saturated carbocycles. The van der Waals surface area contributed by atoms with Crippen molar-refractivity contribution in [1.29, 1.82) is 0 Å². The lowest BCUT2D eigenvalue weighted by Crippen LogP contribution is -2.24. The van der Waals surface area contributed by atoms with Crippen LogP contribution in [0.3, 0.4) is 0 Å². The third-order valence-electron chi connectivity index (χ3n) is 2.83. The third kappa shape index (κ3) is 2.26. The number of benzene rings is 1. The van der Waals surface area contributed by atoms with Gasteiger partial charge in [-0.25, -0.2) is 0 Å². The molecule has 0 spiro atoms. The molecule has 0 atom stereocenters. The molecule has 2 rings (SSSR count). The average molecular weight is 190 g/mol. The van der Waals surface area contributed by atoms with Crippen LogP contribution in [0.5, 0.6) is 0 Å².